The van der Waals surface area contributed by atoms with Crippen LogP contribution in [0.1, 0.15) is 26.7 Å². The normalized spacial score (nSPS) is 26.2. The summed E-state index contributed by atoms with van der Waals surface area (Å²) in [7, 11) is 3.79. The summed E-state index contributed by atoms with van der Waals surface area (Å²) in [6.45, 7) is 4.73. The van der Waals surface area contributed by atoms with Gasteiger partial charge >= 0.3 is 0 Å². The van der Waals surface area contributed by atoms with E-state index in [9.17, 15) is 0 Å². The Morgan fingerprint density at radius 3 is 2.50 bits per heavy atom. The quantitative estimate of drug-likeness (QED) is 0.899. The van der Waals surface area contributed by atoms with Crippen LogP contribution >= 0.6 is 11.8 Å². The molecular weight excluding hydrogens is 242 g/mol. The van der Waals surface area contributed by atoms with Crippen LogP contribution in [0, 0.1) is 5.41 Å². The third-order valence-corrected chi connectivity index (χ3v) is 5.30. The minimum absolute atomic E-state index is 0.402. The average Bonchev–Trinajstić information content (AvgIpc) is 2.65. The smallest absolute Gasteiger partial charge is 0.118 e. The number of nitrogens with one attached hydrogen (secondary N) is 1. The molecule has 2 unspecified atom stereocenters. The van der Waals surface area contributed by atoms with Gasteiger partial charge in [-0.15, -0.1) is 11.8 Å². The molecule has 1 aromatic rings. The fourth-order valence-electron chi connectivity index (χ4n) is 2.87. The van der Waals surface area contributed by atoms with Gasteiger partial charge in [-0.2, -0.15) is 0 Å². The van der Waals surface area contributed by atoms with Crippen molar-refractivity contribution in [2.24, 2.45) is 5.41 Å². The monoisotopic (exact) mass is 265 g/mol. The molecule has 18 heavy (non-hydrogen) atoms. The van der Waals surface area contributed by atoms with Crippen molar-refractivity contribution >= 4 is 11.8 Å². The molecule has 0 heterocycles. The molecular formula is C15H23NOS. The van der Waals surface area contributed by atoms with E-state index in [2.05, 4.69) is 38.3 Å². The Kier molecular flexibility index (Phi) is 4.23. The van der Waals surface area contributed by atoms with Crippen molar-refractivity contribution in [3.63, 3.8) is 0 Å². The van der Waals surface area contributed by atoms with E-state index in [1.54, 1.807) is 7.11 Å². The molecule has 0 saturated heterocycles. The molecule has 1 fully saturated rings. The van der Waals surface area contributed by atoms with Crippen molar-refractivity contribution in [3.05, 3.63) is 24.3 Å². The van der Waals surface area contributed by atoms with Crippen LogP contribution in [0.4, 0.5) is 0 Å². The third kappa shape index (κ3) is 2.83. The number of benzene rings is 1. The number of hydrogen-bond acceptors (Lipinski definition) is 3. The SMILES string of the molecule is CNC1C(Sc2ccc(OC)cc2)CCC1(C)C. The maximum atomic E-state index is 5.19. The van der Waals surface area contributed by atoms with E-state index in [4.69, 9.17) is 4.74 Å². The average molecular weight is 265 g/mol. The highest BCUT2D eigenvalue weighted by Crippen LogP contribution is 2.44. The van der Waals surface area contributed by atoms with Gasteiger partial charge in [0, 0.05) is 16.2 Å². The Balaban J connectivity index is 2.04. The van der Waals surface area contributed by atoms with Crippen molar-refractivity contribution in [2.75, 3.05) is 14.2 Å². The lowest BCUT2D eigenvalue weighted by Crippen LogP contribution is -2.41. The third-order valence-electron chi connectivity index (χ3n) is 3.94. The Bertz CT molecular complexity index is 388. The van der Waals surface area contributed by atoms with E-state index in [-0.39, 0.29) is 0 Å². The Labute approximate surface area is 114 Å². The predicted molar refractivity (Wildman–Crippen MR) is 78.5 cm³/mol. The zero-order chi connectivity index (χ0) is 13.2. The van der Waals surface area contributed by atoms with Gasteiger partial charge in [-0.05, 0) is 49.6 Å². The van der Waals surface area contributed by atoms with Crippen LogP contribution in [0.2, 0.25) is 0 Å². The van der Waals surface area contributed by atoms with Gasteiger partial charge in [-0.3, -0.25) is 0 Å². The van der Waals surface area contributed by atoms with Crippen LogP contribution in [0.5, 0.6) is 5.75 Å². The van der Waals surface area contributed by atoms with Gasteiger partial charge in [0.05, 0.1) is 7.11 Å². The number of rotatable bonds is 4. The lowest BCUT2D eigenvalue weighted by Gasteiger charge is -2.30. The largest absolute Gasteiger partial charge is 0.497 e. The van der Waals surface area contributed by atoms with Gasteiger partial charge in [-0.25, -0.2) is 0 Å². The summed E-state index contributed by atoms with van der Waals surface area (Å²) in [6, 6.07) is 8.97. The highest BCUT2D eigenvalue weighted by Gasteiger charge is 2.41. The molecule has 0 amide bonds. The second-order valence-corrected chi connectivity index (χ2v) is 6.94. The van der Waals surface area contributed by atoms with Gasteiger partial charge in [0.15, 0.2) is 0 Å². The number of thioether (sulfide) groups is 1. The molecule has 1 aliphatic carbocycles. The Morgan fingerprint density at radius 2 is 1.94 bits per heavy atom. The highest BCUT2D eigenvalue weighted by molar-refractivity contribution is 8.00. The minimum atomic E-state index is 0.402. The van der Waals surface area contributed by atoms with Crippen molar-refractivity contribution in [1.29, 1.82) is 0 Å². The van der Waals surface area contributed by atoms with Gasteiger partial charge in [0.1, 0.15) is 5.75 Å². The molecule has 2 nitrogen and oxygen atoms in total. The lowest BCUT2D eigenvalue weighted by molar-refractivity contribution is 0.300. The van der Waals surface area contributed by atoms with Crippen molar-refractivity contribution < 1.29 is 4.74 Å². The van der Waals surface area contributed by atoms with Gasteiger partial charge < -0.3 is 10.1 Å². The molecule has 100 valence electrons. The first-order chi connectivity index (χ1) is 8.56. The standard InChI is InChI=1S/C15H23NOS/c1-15(2)10-9-13(14(15)16-3)18-12-7-5-11(17-4)6-8-12/h5-8,13-14,16H,9-10H2,1-4H3. The van der Waals surface area contributed by atoms with E-state index in [1.165, 1.54) is 17.7 Å². The zero-order valence-electron chi connectivity index (χ0n) is 11.7. The van der Waals surface area contributed by atoms with Crippen LogP contribution in [-0.4, -0.2) is 25.4 Å². The summed E-state index contributed by atoms with van der Waals surface area (Å²) in [5.41, 5.74) is 0.402. The van der Waals surface area contributed by atoms with Gasteiger partial charge in [0.2, 0.25) is 0 Å². The highest BCUT2D eigenvalue weighted by atomic mass is 32.2. The second kappa shape index (κ2) is 5.54. The zero-order valence-corrected chi connectivity index (χ0v) is 12.5. The topological polar surface area (TPSA) is 21.3 Å². The maximum Gasteiger partial charge on any atom is 0.118 e. The maximum absolute atomic E-state index is 5.19. The van der Waals surface area contributed by atoms with Crippen molar-refractivity contribution in [2.45, 2.75) is 42.9 Å². The first-order valence-electron chi connectivity index (χ1n) is 6.55. The van der Waals surface area contributed by atoms with E-state index in [1.807, 2.05) is 23.9 Å². The van der Waals surface area contributed by atoms with E-state index < -0.39 is 0 Å². The van der Waals surface area contributed by atoms with Gasteiger partial charge in [0.25, 0.3) is 0 Å². The van der Waals surface area contributed by atoms with Crippen LogP contribution in [0.15, 0.2) is 29.2 Å². The summed E-state index contributed by atoms with van der Waals surface area (Å²) in [5, 5.41) is 4.17. The predicted octanol–water partition coefficient (Wildman–Crippen LogP) is 3.56. The fourth-order valence-corrected chi connectivity index (χ4v) is 4.39. The summed E-state index contributed by atoms with van der Waals surface area (Å²) in [6.07, 6.45) is 2.58. The molecule has 1 aliphatic rings. The van der Waals surface area contributed by atoms with Gasteiger partial charge in [-0.1, -0.05) is 13.8 Å². The lowest BCUT2D eigenvalue weighted by atomic mass is 9.87. The molecule has 0 aliphatic heterocycles. The van der Waals surface area contributed by atoms with E-state index in [0.717, 1.165) is 5.75 Å². The van der Waals surface area contributed by atoms with E-state index in [0.29, 0.717) is 16.7 Å². The van der Waals surface area contributed by atoms with Crippen molar-refractivity contribution in [1.82, 2.24) is 5.32 Å². The molecule has 2 rings (SSSR count). The summed E-state index contributed by atoms with van der Waals surface area (Å²) < 4.78 is 5.19. The van der Waals surface area contributed by atoms with Crippen molar-refractivity contribution in [3.8, 4) is 5.75 Å². The molecule has 0 aromatic heterocycles. The summed E-state index contributed by atoms with van der Waals surface area (Å²) in [4.78, 5) is 1.33. The van der Waals surface area contributed by atoms with Crippen LogP contribution in [-0.2, 0) is 0 Å². The second-order valence-electron chi connectivity index (χ2n) is 5.63. The minimum Gasteiger partial charge on any atom is -0.497 e. The molecule has 1 aromatic carbocycles. The summed E-state index contributed by atoms with van der Waals surface area (Å²) in [5.74, 6) is 0.927. The van der Waals surface area contributed by atoms with E-state index >= 15 is 0 Å². The molecule has 0 radical (unpaired) electrons. The first-order valence-corrected chi connectivity index (χ1v) is 7.43. The number of hydrogen-bond donors (Lipinski definition) is 1. The molecule has 0 bridgehead atoms. The van der Waals surface area contributed by atoms with Crippen LogP contribution in [0.3, 0.4) is 0 Å². The summed E-state index contributed by atoms with van der Waals surface area (Å²) >= 11 is 1.99. The van der Waals surface area contributed by atoms with Crippen LogP contribution < -0.4 is 10.1 Å². The first kappa shape index (κ1) is 13.8. The molecule has 1 N–H and O–H groups in total. The number of ether oxygens (including phenoxy) is 1. The fraction of sp³-hybridized carbons (Fsp3) is 0.600. The molecule has 2 atom stereocenters. The molecule has 3 heteroatoms. The Morgan fingerprint density at radius 1 is 1.28 bits per heavy atom. The molecule has 1 saturated carbocycles. The van der Waals surface area contributed by atoms with Crippen LogP contribution in [0.25, 0.3) is 0 Å². The Hall–Kier alpha value is -0.670. The number of methoxy groups -OCH3 is 1. The molecule has 0 spiro atoms.